The van der Waals surface area contributed by atoms with Gasteiger partial charge in [0.1, 0.15) is 21.5 Å². The van der Waals surface area contributed by atoms with Crippen molar-refractivity contribution in [1.82, 2.24) is 9.91 Å². The molecule has 34 heavy (non-hydrogen) atoms. The van der Waals surface area contributed by atoms with Crippen LogP contribution in [0.2, 0.25) is 0 Å². The molecule has 0 aliphatic carbocycles. The number of nitrogens with two attached hydrogens (primary N) is 1. The summed E-state index contributed by atoms with van der Waals surface area (Å²) in [5.74, 6) is -1.22. The van der Waals surface area contributed by atoms with E-state index in [0.717, 1.165) is 35.7 Å². The molecule has 1 saturated heterocycles. The van der Waals surface area contributed by atoms with E-state index in [0.29, 0.717) is 39.3 Å². The van der Waals surface area contributed by atoms with Gasteiger partial charge >= 0.3 is 6.03 Å². The molecule has 2 aliphatic rings. The summed E-state index contributed by atoms with van der Waals surface area (Å²) in [7, 11) is 0. The van der Waals surface area contributed by atoms with E-state index in [9.17, 15) is 13.6 Å². The van der Waals surface area contributed by atoms with Gasteiger partial charge in [0.25, 0.3) is 0 Å². The van der Waals surface area contributed by atoms with E-state index in [2.05, 4.69) is 6.92 Å². The third kappa shape index (κ3) is 4.44. The van der Waals surface area contributed by atoms with Crippen LogP contribution in [0.1, 0.15) is 36.5 Å². The highest BCUT2D eigenvalue weighted by molar-refractivity contribution is 8.15. The predicted molar refractivity (Wildman–Crippen MR) is 130 cm³/mol. The van der Waals surface area contributed by atoms with Crippen molar-refractivity contribution in [2.45, 2.75) is 31.6 Å². The zero-order valence-corrected chi connectivity index (χ0v) is 20.3. The summed E-state index contributed by atoms with van der Waals surface area (Å²) in [4.78, 5) is 14.7. The first-order valence-corrected chi connectivity index (χ1v) is 12.4. The molecule has 0 bridgehead atoms. The number of aryl methyl sites for hydroxylation is 1. The molecule has 2 aromatic rings. The van der Waals surface area contributed by atoms with Gasteiger partial charge in [-0.3, -0.25) is 0 Å². The minimum atomic E-state index is -0.955. The van der Waals surface area contributed by atoms with Crippen LogP contribution in [0.15, 0.2) is 47.6 Å². The summed E-state index contributed by atoms with van der Waals surface area (Å²) in [5, 5.41) is 6.46. The molecule has 6 nitrogen and oxygen atoms in total. The number of urea groups is 1. The zero-order valence-electron chi connectivity index (χ0n) is 19.5. The normalized spacial score (nSPS) is 21.5. The second kappa shape index (κ2) is 10.4. The fourth-order valence-electron chi connectivity index (χ4n) is 4.72. The van der Waals surface area contributed by atoms with Gasteiger partial charge in [0.2, 0.25) is 0 Å². The number of halogens is 2. The van der Waals surface area contributed by atoms with Crippen LogP contribution in [0.4, 0.5) is 13.6 Å². The number of ether oxygens (including phenoxy) is 1. The number of benzene rings is 2. The number of hydrazone groups is 1. The third-order valence-corrected chi connectivity index (χ3v) is 8.00. The van der Waals surface area contributed by atoms with E-state index in [1.54, 1.807) is 4.90 Å². The molecule has 0 saturated carbocycles. The maximum atomic E-state index is 14.9. The number of hydrogen-bond donors (Lipinski definition) is 1. The molecular weight excluding hydrogens is 458 g/mol. The minimum Gasteiger partial charge on any atom is -0.378 e. The number of hydrogen-bond acceptors (Lipinski definition) is 5. The number of nitrogens with zero attached hydrogens (tertiary/aromatic N) is 3. The monoisotopic (exact) mass is 488 g/mol. The van der Waals surface area contributed by atoms with Crippen molar-refractivity contribution < 1.29 is 18.3 Å². The van der Waals surface area contributed by atoms with Crippen molar-refractivity contribution >= 4 is 22.8 Å². The number of rotatable bonds is 6. The van der Waals surface area contributed by atoms with Crippen LogP contribution >= 0.6 is 11.8 Å². The van der Waals surface area contributed by atoms with Crippen molar-refractivity contribution in [3.63, 3.8) is 0 Å². The summed E-state index contributed by atoms with van der Waals surface area (Å²) in [6.45, 7) is 6.24. The Morgan fingerprint density at radius 2 is 1.97 bits per heavy atom. The fraction of sp³-hybridized carbons (Fsp3) is 0.440. The highest BCUT2D eigenvalue weighted by Gasteiger charge is 2.54. The zero-order chi connectivity index (χ0) is 24.3. The van der Waals surface area contributed by atoms with Crippen LogP contribution in [-0.4, -0.2) is 53.8 Å². The van der Waals surface area contributed by atoms with Gasteiger partial charge in [0.15, 0.2) is 0 Å². The smallest absolute Gasteiger partial charge is 0.342 e. The number of thioether (sulfide) groups is 1. The largest absolute Gasteiger partial charge is 0.378 e. The van der Waals surface area contributed by atoms with Gasteiger partial charge in [-0.25, -0.2) is 13.6 Å². The Balaban J connectivity index is 1.92. The molecule has 2 amide bonds. The van der Waals surface area contributed by atoms with E-state index < -0.39 is 16.5 Å². The lowest BCUT2D eigenvalue weighted by Crippen LogP contribution is -2.54. The molecule has 2 atom stereocenters. The summed E-state index contributed by atoms with van der Waals surface area (Å²) in [5.41, 5.74) is 7.96. The van der Waals surface area contributed by atoms with Crippen molar-refractivity contribution in [3.8, 4) is 0 Å². The van der Waals surface area contributed by atoms with Crippen LogP contribution in [0.3, 0.4) is 0 Å². The first kappa shape index (κ1) is 24.6. The first-order valence-electron chi connectivity index (χ1n) is 11.6. The summed E-state index contributed by atoms with van der Waals surface area (Å²) >= 11 is 1.31. The van der Waals surface area contributed by atoms with Crippen LogP contribution in [-0.2, 0) is 9.61 Å². The topological polar surface area (TPSA) is 71.2 Å². The Kier molecular flexibility index (Phi) is 7.54. The van der Waals surface area contributed by atoms with Gasteiger partial charge in [-0.15, -0.1) is 0 Å². The molecule has 9 heteroatoms. The van der Waals surface area contributed by atoms with E-state index in [-0.39, 0.29) is 22.6 Å². The number of carbonyl (C=O) groups excluding carboxylic acids is 1. The van der Waals surface area contributed by atoms with Crippen molar-refractivity contribution in [1.29, 1.82) is 0 Å². The molecular formula is C25H30F2N4O2S. The second-order valence-electron chi connectivity index (χ2n) is 8.52. The molecule has 0 aromatic heterocycles. The molecule has 182 valence electrons. The maximum Gasteiger partial charge on any atom is 0.342 e. The van der Waals surface area contributed by atoms with Gasteiger partial charge in [-0.2, -0.15) is 10.1 Å². The Morgan fingerprint density at radius 3 is 2.65 bits per heavy atom. The van der Waals surface area contributed by atoms with Crippen molar-refractivity contribution in [2.75, 3.05) is 32.8 Å². The molecule has 2 aliphatic heterocycles. The van der Waals surface area contributed by atoms with Crippen LogP contribution in [0, 0.1) is 24.5 Å². The van der Waals surface area contributed by atoms with Crippen LogP contribution in [0.25, 0.3) is 0 Å². The second-order valence-corrected chi connectivity index (χ2v) is 9.73. The number of morpholine rings is 1. The van der Waals surface area contributed by atoms with Crippen molar-refractivity contribution in [2.24, 2.45) is 16.8 Å². The first-order chi connectivity index (χ1) is 16.4. The molecule has 0 spiro atoms. The minimum absolute atomic E-state index is 0.0443. The standard InChI is InChI=1S/C25H30F2N4O2S/c1-3-18(10-11-28)25(21-7-5-4-6-17(21)2)31(24(32)30-12-14-33-15-13-30)29-23(34-25)20-16-19(26)8-9-22(20)27/h4-9,16,18H,3,10-15,28H2,1-2H3/t18-,25-/m1/s1. The Bertz CT molecular complexity index is 1080. The Labute approximate surface area is 203 Å². The molecule has 2 heterocycles. The molecule has 2 aromatic carbocycles. The summed E-state index contributed by atoms with van der Waals surface area (Å²) < 4.78 is 34.4. The SMILES string of the molecule is CC[C@H](CCN)[C@]1(c2ccccc2C)SC(c2cc(F)ccc2F)=NN1C(=O)N1CCOCC1. The van der Waals surface area contributed by atoms with Gasteiger partial charge in [0, 0.05) is 18.7 Å². The molecule has 4 rings (SSSR count). The lowest BCUT2D eigenvalue weighted by Gasteiger charge is -2.44. The van der Waals surface area contributed by atoms with E-state index in [4.69, 9.17) is 15.6 Å². The van der Waals surface area contributed by atoms with Gasteiger partial charge in [0.05, 0.1) is 13.2 Å². The number of amides is 2. The number of carbonyl (C=O) groups is 1. The highest BCUT2D eigenvalue weighted by Crippen LogP contribution is 2.55. The van der Waals surface area contributed by atoms with Gasteiger partial charge < -0.3 is 15.4 Å². The average Bonchev–Trinajstić information content (AvgIpc) is 3.25. The lowest BCUT2D eigenvalue weighted by molar-refractivity contribution is 0.0315. The lowest BCUT2D eigenvalue weighted by atomic mass is 9.85. The average molecular weight is 489 g/mol. The third-order valence-electron chi connectivity index (χ3n) is 6.47. The van der Waals surface area contributed by atoms with E-state index in [1.807, 2.05) is 31.2 Å². The molecule has 0 radical (unpaired) electrons. The molecule has 2 N–H and O–H groups in total. The fourth-order valence-corrected chi connectivity index (χ4v) is 6.40. The van der Waals surface area contributed by atoms with E-state index >= 15 is 0 Å². The van der Waals surface area contributed by atoms with Gasteiger partial charge in [-0.1, -0.05) is 43.0 Å². The predicted octanol–water partition coefficient (Wildman–Crippen LogP) is 4.66. The van der Waals surface area contributed by atoms with Crippen LogP contribution in [0.5, 0.6) is 0 Å². The van der Waals surface area contributed by atoms with Crippen LogP contribution < -0.4 is 5.73 Å². The summed E-state index contributed by atoms with van der Waals surface area (Å²) in [6.07, 6.45) is 1.36. The Hall–Kier alpha value is -2.49. The quantitative estimate of drug-likeness (QED) is 0.642. The van der Waals surface area contributed by atoms with Crippen molar-refractivity contribution in [3.05, 3.63) is 70.8 Å². The highest BCUT2D eigenvalue weighted by atomic mass is 32.2. The molecule has 1 fully saturated rings. The Morgan fingerprint density at radius 1 is 1.24 bits per heavy atom. The van der Waals surface area contributed by atoms with E-state index in [1.165, 1.54) is 16.8 Å². The maximum absolute atomic E-state index is 14.9. The molecule has 0 unspecified atom stereocenters. The van der Waals surface area contributed by atoms with Gasteiger partial charge in [-0.05, 0) is 61.6 Å². The summed E-state index contributed by atoms with van der Waals surface area (Å²) in [6, 6.07) is 10.9.